The molecule has 2 aliphatic heterocycles. The number of aliphatic imine (C=N–C) groups is 2. The number of carbonyl (C=O) groups excluding carboxylic acids is 1. The molecule has 2 rings (SSSR count). The minimum Gasteiger partial charge on any atom is -0.347 e. The summed E-state index contributed by atoms with van der Waals surface area (Å²) in [6.45, 7) is 0.560. The zero-order valence-electron chi connectivity index (χ0n) is 5.16. The van der Waals surface area contributed by atoms with Crippen molar-refractivity contribution in [2.75, 3.05) is 6.54 Å². The zero-order chi connectivity index (χ0) is 6.97. The zero-order valence-corrected chi connectivity index (χ0v) is 5.16. The summed E-state index contributed by atoms with van der Waals surface area (Å²) >= 11 is 0. The molecule has 4 heteroatoms. The van der Waals surface area contributed by atoms with E-state index in [1.807, 2.05) is 6.08 Å². The van der Waals surface area contributed by atoms with E-state index in [0.29, 0.717) is 18.0 Å². The number of fused-ring (bicyclic) bond motifs is 1. The Bertz CT molecular complexity index is 275. The van der Waals surface area contributed by atoms with Crippen LogP contribution in [0.4, 0.5) is 0 Å². The first kappa shape index (κ1) is 5.34. The predicted molar refractivity (Wildman–Crippen MR) is 37.0 cm³/mol. The van der Waals surface area contributed by atoms with Gasteiger partial charge in [0.05, 0.1) is 5.70 Å². The van der Waals surface area contributed by atoms with E-state index in [1.54, 1.807) is 0 Å². The van der Waals surface area contributed by atoms with Crippen molar-refractivity contribution in [1.82, 2.24) is 5.32 Å². The van der Waals surface area contributed by atoms with Crippen LogP contribution in [0.3, 0.4) is 0 Å². The third-order valence-electron chi connectivity index (χ3n) is 1.40. The maximum Gasteiger partial charge on any atom is 0.272 e. The summed E-state index contributed by atoms with van der Waals surface area (Å²) in [5.41, 5.74) is 1.13. The van der Waals surface area contributed by atoms with Gasteiger partial charge in [-0.05, 0) is 6.08 Å². The fourth-order valence-corrected chi connectivity index (χ4v) is 0.925. The Kier molecular flexibility index (Phi) is 0.943. The predicted octanol–water partition coefficient (Wildman–Crippen LogP) is -0.517. The molecule has 2 aliphatic rings. The Labute approximate surface area is 57.4 Å². The molecule has 0 aromatic carbocycles. The number of rotatable bonds is 0. The second-order valence-corrected chi connectivity index (χ2v) is 2.02. The van der Waals surface area contributed by atoms with Crippen molar-refractivity contribution in [3.05, 3.63) is 11.8 Å². The summed E-state index contributed by atoms with van der Waals surface area (Å²) in [7, 11) is 0. The van der Waals surface area contributed by atoms with Gasteiger partial charge >= 0.3 is 0 Å². The number of hydrogen-bond donors (Lipinski definition) is 1. The van der Waals surface area contributed by atoms with Crippen LogP contribution in [0.25, 0.3) is 0 Å². The van der Waals surface area contributed by atoms with E-state index in [1.165, 1.54) is 6.34 Å². The molecule has 4 nitrogen and oxygen atoms in total. The van der Waals surface area contributed by atoms with Gasteiger partial charge in [0.25, 0.3) is 5.91 Å². The van der Waals surface area contributed by atoms with E-state index in [9.17, 15) is 4.79 Å². The molecule has 10 heavy (non-hydrogen) atoms. The van der Waals surface area contributed by atoms with Crippen molar-refractivity contribution >= 4 is 18.0 Å². The molecule has 0 saturated heterocycles. The van der Waals surface area contributed by atoms with Crippen LogP contribution < -0.4 is 5.32 Å². The maximum atomic E-state index is 10.9. The largest absolute Gasteiger partial charge is 0.347 e. The third kappa shape index (κ3) is 0.586. The minimum atomic E-state index is -0.130. The highest BCUT2D eigenvalue weighted by atomic mass is 16.2. The summed E-state index contributed by atoms with van der Waals surface area (Å²) in [6, 6.07) is 0. The van der Waals surface area contributed by atoms with Crippen LogP contribution in [0.15, 0.2) is 21.8 Å². The van der Waals surface area contributed by atoms with Gasteiger partial charge in [-0.1, -0.05) is 0 Å². The highest BCUT2D eigenvalue weighted by molar-refractivity contribution is 6.48. The van der Waals surface area contributed by atoms with E-state index >= 15 is 0 Å². The lowest BCUT2D eigenvalue weighted by Gasteiger charge is -2.07. The van der Waals surface area contributed by atoms with Gasteiger partial charge in [0.2, 0.25) is 0 Å². The quantitative estimate of drug-likeness (QED) is 0.477. The van der Waals surface area contributed by atoms with Crippen LogP contribution in [0.5, 0.6) is 0 Å². The van der Waals surface area contributed by atoms with Gasteiger partial charge in [0.1, 0.15) is 6.34 Å². The molecule has 50 valence electrons. The first-order chi connectivity index (χ1) is 4.88. The topological polar surface area (TPSA) is 53.8 Å². The molecule has 1 N–H and O–H groups in total. The van der Waals surface area contributed by atoms with Gasteiger partial charge in [-0.25, -0.2) is 9.98 Å². The van der Waals surface area contributed by atoms with E-state index in [0.717, 1.165) is 0 Å². The molecular weight excluding hydrogens is 130 g/mol. The fraction of sp³-hybridized carbons (Fsp3) is 0.167. The average molecular weight is 135 g/mol. The van der Waals surface area contributed by atoms with Crippen molar-refractivity contribution in [2.24, 2.45) is 9.98 Å². The Morgan fingerprint density at radius 3 is 3.30 bits per heavy atom. The SMILES string of the molecule is O=C1NCC=C2N=CN=C12. The summed E-state index contributed by atoms with van der Waals surface area (Å²) in [6.07, 6.45) is 3.23. The van der Waals surface area contributed by atoms with Crippen molar-refractivity contribution in [3.8, 4) is 0 Å². The van der Waals surface area contributed by atoms with Crippen molar-refractivity contribution < 1.29 is 4.79 Å². The molecule has 0 aromatic rings. The molecule has 0 unspecified atom stereocenters. The summed E-state index contributed by atoms with van der Waals surface area (Å²) < 4.78 is 0. The van der Waals surface area contributed by atoms with Gasteiger partial charge in [0, 0.05) is 6.54 Å². The molecule has 1 amide bonds. The number of nitrogens with zero attached hydrogens (tertiary/aromatic N) is 2. The second kappa shape index (κ2) is 1.76. The van der Waals surface area contributed by atoms with Crippen LogP contribution >= 0.6 is 0 Å². The lowest BCUT2D eigenvalue weighted by atomic mass is 10.2. The standard InChI is InChI=1S/C6H5N3O/c10-6-5-4(1-2-7-6)8-3-9-5/h1,3H,2H2,(H,7,10). The highest BCUT2D eigenvalue weighted by Gasteiger charge is 2.21. The Morgan fingerprint density at radius 1 is 1.60 bits per heavy atom. The number of carbonyl (C=O) groups is 1. The second-order valence-electron chi connectivity index (χ2n) is 2.02. The summed E-state index contributed by atoms with van der Waals surface area (Å²) in [4.78, 5) is 18.6. The third-order valence-corrected chi connectivity index (χ3v) is 1.40. The van der Waals surface area contributed by atoms with Gasteiger partial charge < -0.3 is 5.32 Å². The van der Waals surface area contributed by atoms with E-state index in [-0.39, 0.29) is 5.91 Å². The Hall–Kier alpha value is -1.45. The minimum absolute atomic E-state index is 0.130. The molecule has 0 bridgehead atoms. The smallest absolute Gasteiger partial charge is 0.272 e. The molecule has 0 spiro atoms. The van der Waals surface area contributed by atoms with Crippen molar-refractivity contribution in [1.29, 1.82) is 0 Å². The number of nitrogens with one attached hydrogen (secondary N) is 1. The van der Waals surface area contributed by atoms with E-state index in [4.69, 9.17) is 0 Å². The first-order valence-electron chi connectivity index (χ1n) is 2.97. The molecule has 0 atom stereocenters. The summed E-state index contributed by atoms with van der Waals surface area (Å²) in [5, 5.41) is 2.63. The van der Waals surface area contributed by atoms with Gasteiger partial charge in [0.15, 0.2) is 5.71 Å². The van der Waals surface area contributed by atoms with E-state index < -0.39 is 0 Å². The maximum absolute atomic E-state index is 10.9. The average Bonchev–Trinajstić information content (AvgIpc) is 2.36. The number of amides is 1. The van der Waals surface area contributed by atoms with Gasteiger partial charge in [-0.3, -0.25) is 4.79 Å². The van der Waals surface area contributed by atoms with Crippen LogP contribution in [-0.4, -0.2) is 24.5 Å². The lowest BCUT2D eigenvalue weighted by molar-refractivity contribution is -0.114. The molecule has 0 aliphatic carbocycles. The van der Waals surface area contributed by atoms with Crippen molar-refractivity contribution in [2.45, 2.75) is 0 Å². The first-order valence-corrected chi connectivity index (χ1v) is 2.97. The molecule has 0 fully saturated rings. The molecule has 2 heterocycles. The number of hydrogen-bond acceptors (Lipinski definition) is 3. The molecule has 0 saturated carbocycles. The van der Waals surface area contributed by atoms with E-state index in [2.05, 4.69) is 15.3 Å². The van der Waals surface area contributed by atoms with Crippen LogP contribution in [-0.2, 0) is 4.79 Å². The molecule has 0 radical (unpaired) electrons. The van der Waals surface area contributed by atoms with Gasteiger partial charge in [-0.2, -0.15) is 0 Å². The van der Waals surface area contributed by atoms with Crippen molar-refractivity contribution in [3.63, 3.8) is 0 Å². The Morgan fingerprint density at radius 2 is 2.50 bits per heavy atom. The highest BCUT2D eigenvalue weighted by Crippen LogP contribution is 2.08. The monoisotopic (exact) mass is 135 g/mol. The van der Waals surface area contributed by atoms with Crippen LogP contribution in [0, 0.1) is 0 Å². The molecular formula is C6H5N3O. The van der Waals surface area contributed by atoms with Crippen LogP contribution in [0.1, 0.15) is 0 Å². The van der Waals surface area contributed by atoms with Crippen LogP contribution in [0.2, 0.25) is 0 Å². The Balaban J connectivity index is 2.46. The fourth-order valence-electron chi connectivity index (χ4n) is 0.925. The summed E-state index contributed by atoms with van der Waals surface area (Å²) in [5.74, 6) is -0.130. The van der Waals surface area contributed by atoms with Gasteiger partial charge in [-0.15, -0.1) is 0 Å². The normalized spacial score (nSPS) is 21.4. The lowest BCUT2D eigenvalue weighted by Crippen LogP contribution is -2.35. The molecule has 0 aromatic heterocycles.